The van der Waals surface area contributed by atoms with Crippen LogP contribution in [-0.4, -0.2) is 42.3 Å². The van der Waals surface area contributed by atoms with Crippen LogP contribution in [0.4, 0.5) is 0 Å². The monoisotopic (exact) mass is 312 g/mol. The van der Waals surface area contributed by atoms with Gasteiger partial charge in [0.05, 0.1) is 0 Å². The van der Waals surface area contributed by atoms with Crippen LogP contribution in [-0.2, 0) is 0 Å². The van der Waals surface area contributed by atoms with E-state index in [1.807, 2.05) is 0 Å². The minimum Gasteiger partial charge on any atom is -0.453 e. The van der Waals surface area contributed by atoms with E-state index in [2.05, 4.69) is 17.1 Å². The molecule has 5 rings (SSSR count). The van der Waals surface area contributed by atoms with Crippen LogP contribution in [0.1, 0.15) is 40.7 Å². The first-order valence-electron chi connectivity index (χ1n) is 8.19. The molecule has 3 aliphatic rings. The molecule has 5 heteroatoms. The molecule has 1 aromatic carbocycles. The van der Waals surface area contributed by atoms with Gasteiger partial charge in [0.1, 0.15) is 5.58 Å². The maximum atomic E-state index is 12.6. The molecule has 0 unspecified atom stereocenters. The molecule has 1 N–H and O–H groups in total. The first-order valence-corrected chi connectivity index (χ1v) is 8.19. The van der Waals surface area contributed by atoms with Crippen LogP contribution in [0.3, 0.4) is 0 Å². The van der Waals surface area contributed by atoms with Gasteiger partial charge in [-0.2, -0.15) is 0 Å². The average Bonchev–Trinajstić information content (AvgIpc) is 3.00. The van der Waals surface area contributed by atoms with Gasteiger partial charge in [0.15, 0.2) is 12.0 Å². The number of nitrogens with one attached hydrogen (secondary N) is 1. The van der Waals surface area contributed by atoms with Crippen LogP contribution in [0, 0.1) is 5.92 Å². The SMILES string of the molecule is C[C@H]1[C@H](NC(=O)c2ccc3oc(C=O)cc3c2)C2CCN1CC2. The molecule has 120 valence electrons. The van der Waals surface area contributed by atoms with Gasteiger partial charge < -0.3 is 9.73 Å². The molecule has 2 aromatic rings. The van der Waals surface area contributed by atoms with E-state index in [0.29, 0.717) is 29.4 Å². The molecule has 3 aliphatic heterocycles. The number of amides is 1. The summed E-state index contributed by atoms with van der Waals surface area (Å²) in [6.07, 6.45) is 3.01. The van der Waals surface area contributed by atoms with Crippen molar-refractivity contribution in [1.82, 2.24) is 10.2 Å². The fourth-order valence-electron chi connectivity index (χ4n) is 4.04. The average molecular weight is 312 g/mol. The molecular weight excluding hydrogens is 292 g/mol. The first-order chi connectivity index (χ1) is 11.2. The van der Waals surface area contributed by atoms with E-state index in [9.17, 15) is 9.59 Å². The predicted molar refractivity (Wildman–Crippen MR) is 86.6 cm³/mol. The minimum atomic E-state index is -0.0497. The van der Waals surface area contributed by atoms with E-state index in [1.54, 1.807) is 24.3 Å². The van der Waals surface area contributed by atoms with Crippen molar-refractivity contribution in [3.8, 4) is 0 Å². The molecule has 0 saturated carbocycles. The normalized spacial score (nSPS) is 29.6. The molecule has 23 heavy (non-hydrogen) atoms. The maximum Gasteiger partial charge on any atom is 0.251 e. The fourth-order valence-corrected chi connectivity index (χ4v) is 4.04. The summed E-state index contributed by atoms with van der Waals surface area (Å²) < 4.78 is 5.35. The summed E-state index contributed by atoms with van der Waals surface area (Å²) in [4.78, 5) is 25.9. The van der Waals surface area contributed by atoms with Crippen molar-refractivity contribution >= 4 is 23.2 Å². The Balaban J connectivity index is 1.55. The van der Waals surface area contributed by atoms with Gasteiger partial charge in [0.2, 0.25) is 0 Å². The molecular formula is C18H20N2O3. The summed E-state index contributed by atoms with van der Waals surface area (Å²) in [5, 5.41) is 4.00. The number of aldehydes is 1. The Morgan fingerprint density at radius 1 is 1.30 bits per heavy atom. The smallest absolute Gasteiger partial charge is 0.251 e. The second-order valence-corrected chi connectivity index (χ2v) is 6.63. The highest BCUT2D eigenvalue weighted by atomic mass is 16.3. The standard InChI is InChI=1S/C18H20N2O3/c1-11-17(12-4-6-20(11)7-5-12)19-18(22)13-2-3-16-14(8-13)9-15(10-21)23-16/h2-3,8-12,17H,4-7H2,1H3,(H,19,22)/t11-,17-/m0/s1. The van der Waals surface area contributed by atoms with Gasteiger partial charge in [-0.3, -0.25) is 14.5 Å². The molecule has 0 spiro atoms. The minimum absolute atomic E-state index is 0.0497. The quantitative estimate of drug-likeness (QED) is 0.884. The number of carbonyl (C=O) groups is 2. The van der Waals surface area contributed by atoms with E-state index in [-0.39, 0.29) is 17.7 Å². The summed E-state index contributed by atoms with van der Waals surface area (Å²) in [5.74, 6) is 0.813. The van der Waals surface area contributed by atoms with Gasteiger partial charge in [0, 0.05) is 23.0 Å². The number of nitrogens with zero attached hydrogens (tertiary/aromatic N) is 1. The van der Waals surface area contributed by atoms with Crippen molar-refractivity contribution in [2.45, 2.75) is 31.8 Å². The fraction of sp³-hybridized carbons (Fsp3) is 0.444. The first kappa shape index (κ1) is 14.5. The van der Waals surface area contributed by atoms with Crippen LogP contribution in [0.2, 0.25) is 0 Å². The summed E-state index contributed by atoms with van der Waals surface area (Å²) in [6.45, 7) is 4.49. The number of piperidine rings is 3. The molecule has 4 heterocycles. The number of hydrogen-bond acceptors (Lipinski definition) is 4. The number of fused-ring (bicyclic) bond motifs is 4. The molecule has 0 radical (unpaired) electrons. The van der Waals surface area contributed by atoms with Crippen molar-refractivity contribution in [2.75, 3.05) is 13.1 Å². The number of carbonyl (C=O) groups excluding carboxylic acids is 2. The predicted octanol–water partition coefficient (Wildman–Crippen LogP) is 2.46. The zero-order valence-corrected chi connectivity index (χ0v) is 13.1. The number of hydrogen-bond donors (Lipinski definition) is 1. The van der Waals surface area contributed by atoms with E-state index < -0.39 is 0 Å². The molecule has 3 fully saturated rings. The summed E-state index contributed by atoms with van der Waals surface area (Å²) in [5.41, 5.74) is 1.24. The summed E-state index contributed by atoms with van der Waals surface area (Å²) in [6, 6.07) is 7.56. The number of benzene rings is 1. The third-order valence-electron chi connectivity index (χ3n) is 5.39. The van der Waals surface area contributed by atoms with E-state index in [4.69, 9.17) is 4.42 Å². The Morgan fingerprint density at radius 2 is 2.09 bits per heavy atom. The Morgan fingerprint density at radius 3 is 2.78 bits per heavy atom. The van der Waals surface area contributed by atoms with Crippen molar-refractivity contribution in [2.24, 2.45) is 5.92 Å². The van der Waals surface area contributed by atoms with Gasteiger partial charge in [-0.1, -0.05) is 0 Å². The number of furan rings is 1. The Labute approximate surface area is 134 Å². The zero-order chi connectivity index (χ0) is 16.0. The largest absolute Gasteiger partial charge is 0.453 e. The van der Waals surface area contributed by atoms with Gasteiger partial charge in [-0.05, 0) is 63.0 Å². The lowest BCUT2D eigenvalue weighted by Gasteiger charge is -2.49. The van der Waals surface area contributed by atoms with E-state index in [1.165, 1.54) is 12.8 Å². The third-order valence-corrected chi connectivity index (χ3v) is 5.39. The Hall–Kier alpha value is -2.14. The van der Waals surface area contributed by atoms with Crippen molar-refractivity contribution < 1.29 is 14.0 Å². The molecule has 2 atom stereocenters. The number of rotatable bonds is 3. The van der Waals surface area contributed by atoms with Crippen LogP contribution in [0.15, 0.2) is 28.7 Å². The third kappa shape index (κ3) is 2.45. The van der Waals surface area contributed by atoms with Gasteiger partial charge in [0.25, 0.3) is 5.91 Å². The lowest BCUT2D eigenvalue weighted by molar-refractivity contribution is 0.0217. The molecule has 3 saturated heterocycles. The Kier molecular flexibility index (Phi) is 3.45. The molecule has 0 aliphatic carbocycles. The molecule has 5 nitrogen and oxygen atoms in total. The van der Waals surface area contributed by atoms with Crippen molar-refractivity contribution in [1.29, 1.82) is 0 Å². The van der Waals surface area contributed by atoms with E-state index in [0.717, 1.165) is 18.5 Å². The second kappa shape index (κ2) is 5.49. The van der Waals surface area contributed by atoms with Gasteiger partial charge >= 0.3 is 0 Å². The highest BCUT2D eigenvalue weighted by molar-refractivity contribution is 5.98. The lowest BCUT2D eigenvalue weighted by Crippen LogP contribution is -2.62. The molecule has 1 aromatic heterocycles. The molecule has 1 amide bonds. The van der Waals surface area contributed by atoms with Crippen molar-refractivity contribution in [3.63, 3.8) is 0 Å². The van der Waals surface area contributed by atoms with Gasteiger partial charge in [-0.25, -0.2) is 0 Å². The van der Waals surface area contributed by atoms with Crippen LogP contribution in [0.5, 0.6) is 0 Å². The van der Waals surface area contributed by atoms with Crippen molar-refractivity contribution in [3.05, 3.63) is 35.6 Å². The highest BCUT2D eigenvalue weighted by Gasteiger charge is 2.40. The van der Waals surface area contributed by atoms with Crippen LogP contribution in [0.25, 0.3) is 11.0 Å². The molecule has 2 bridgehead atoms. The zero-order valence-electron chi connectivity index (χ0n) is 13.1. The summed E-state index contributed by atoms with van der Waals surface area (Å²) >= 11 is 0. The maximum absolute atomic E-state index is 12.6. The topological polar surface area (TPSA) is 62.6 Å². The Bertz CT molecular complexity index is 757. The lowest BCUT2D eigenvalue weighted by atomic mass is 9.79. The van der Waals surface area contributed by atoms with Gasteiger partial charge in [-0.15, -0.1) is 0 Å². The highest BCUT2D eigenvalue weighted by Crippen LogP contribution is 2.32. The summed E-state index contributed by atoms with van der Waals surface area (Å²) in [7, 11) is 0. The van der Waals surface area contributed by atoms with E-state index >= 15 is 0 Å². The van der Waals surface area contributed by atoms with Crippen LogP contribution >= 0.6 is 0 Å². The second-order valence-electron chi connectivity index (χ2n) is 6.63. The van der Waals surface area contributed by atoms with Crippen LogP contribution < -0.4 is 5.32 Å².